The monoisotopic (exact) mass is 199 g/mol. The van der Waals surface area contributed by atoms with E-state index in [1.807, 2.05) is 30.7 Å². The predicted molar refractivity (Wildman–Crippen MR) is 56.9 cm³/mol. The van der Waals surface area contributed by atoms with Gasteiger partial charge in [0.15, 0.2) is 0 Å². The van der Waals surface area contributed by atoms with Crippen molar-refractivity contribution in [1.29, 1.82) is 0 Å². The highest BCUT2D eigenvalue weighted by molar-refractivity contribution is 5.83. The van der Waals surface area contributed by atoms with Crippen molar-refractivity contribution >= 4 is 5.91 Å². The lowest BCUT2D eigenvalue weighted by atomic mass is 10.1. The second kappa shape index (κ2) is 4.28. The largest absolute Gasteiger partial charge is 0.335 e. The summed E-state index contributed by atoms with van der Waals surface area (Å²) < 4.78 is 0. The zero-order chi connectivity index (χ0) is 10.9. The minimum absolute atomic E-state index is 0.131. The Labute approximate surface area is 86.0 Å². The first-order valence-electron chi connectivity index (χ1n) is 5.21. The van der Waals surface area contributed by atoms with Crippen LogP contribution in [0.5, 0.6) is 0 Å². The predicted octanol–water partition coefficient (Wildman–Crippen LogP) is -0.115. The molecule has 0 aromatic rings. The number of piperazine rings is 1. The van der Waals surface area contributed by atoms with Gasteiger partial charge in [-0.3, -0.25) is 9.69 Å². The van der Waals surface area contributed by atoms with Crippen LogP contribution in [-0.2, 0) is 4.79 Å². The van der Waals surface area contributed by atoms with Crippen molar-refractivity contribution < 1.29 is 4.79 Å². The number of carbonyl (C=O) groups is 1. The van der Waals surface area contributed by atoms with Gasteiger partial charge in [-0.25, -0.2) is 0 Å². The molecule has 1 amide bonds. The number of amides is 1. The van der Waals surface area contributed by atoms with Crippen molar-refractivity contribution in [3.05, 3.63) is 0 Å². The average Bonchev–Trinajstić information content (AvgIpc) is 2.02. The van der Waals surface area contributed by atoms with Crippen LogP contribution in [0.15, 0.2) is 0 Å². The summed E-state index contributed by atoms with van der Waals surface area (Å²) in [6, 6.07) is 0.421. The molecule has 2 unspecified atom stereocenters. The molecule has 82 valence electrons. The number of hydrogen-bond acceptors (Lipinski definition) is 3. The SMILES string of the molecule is CC(C)N1C(=O)C(CN)N(C)CC1C. The van der Waals surface area contributed by atoms with Gasteiger partial charge >= 0.3 is 0 Å². The maximum atomic E-state index is 12.0. The maximum Gasteiger partial charge on any atom is 0.241 e. The molecule has 0 bridgehead atoms. The van der Waals surface area contributed by atoms with E-state index >= 15 is 0 Å². The molecule has 4 nitrogen and oxygen atoms in total. The maximum absolute atomic E-state index is 12.0. The number of nitrogens with two attached hydrogens (primary N) is 1. The standard InChI is InChI=1S/C10H21N3O/c1-7(2)13-8(3)6-12(4)9(5-11)10(13)14/h7-9H,5-6,11H2,1-4H3. The molecule has 0 spiro atoms. The second-order valence-electron chi connectivity index (χ2n) is 4.38. The Morgan fingerprint density at radius 1 is 1.57 bits per heavy atom. The van der Waals surface area contributed by atoms with Crippen LogP contribution in [-0.4, -0.2) is 54.0 Å². The fourth-order valence-corrected chi connectivity index (χ4v) is 2.25. The van der Waals surface area contributed by atoms with Crippen molar-refractivity contribution in [3.63, 3.8) is 0 Å². The van der Waals surface area contributed by atoms with Crippen LogP contribution < -0.4 is 5.73 Å². The lowest BCUT2D eigenvalue weighted by molar-refractivity contribution is -0.146. The molecule has 0 radical (unpaired) electrons. The molecule has 1 saturated heterocycles. The highest BCUT2D eigenvalue weighted by Crippen LogP contribution is 2.17. The summed E-state index contributed by atoms with van der Waals surface area (Å²) in [5, 5.41) is 0. The molecule has 1 aliphatic rings. The highest BCUT2D eigenvalue weighted by atomic mass is 16.2. The van der Waals surface area contributed by atoms with Crippen LogP contribution in [0, 0.1) is 0 Å². The normalized spacial score (nSPS) is 30.1. The van der Waals surface area contributed by atoms with Crippen molar-refractivity contribution in [2.45, 2.75) is 38.9 Å². The zero-order valence-electron chi connectivity index (χ0n) is 9.53. The summed E-state index contributed by atoms with van der Waals surface area (Å²) in [5.41, 5.74) is 5.60. The minimum atomic E-state index is -0.131. The number of likely N-dealkylation sites (N-methyl/N-ethyl adjacent to an activating group) is 1. The first-order valence-corrected chi connectivity index (χ1v) is 5.21. The van der Waals surface area contributed by atoms with E-state index in [0.717, 1.165) is 6.54 Å². The number of nitrogens with zero attached hydrogens (tertiary/aromatic N) is 2. The van der Waals surface area contributed by atoms with Crippen molar-refractivity contribution in [2.75, 3.05) is 20.1 Å². The first kappa shape index (κ1) is 11.5. The van der Waals surface area contributed by atoms with Gasteiger partial charge in [0.1, 0.15) is 6.04 Å². The Balaban J connectivity index is 2.82. The van der Waals surface area contributed by atoms with Gasteiger partial charge < -0.3 is 10.6 Å². The third kappa shape index (κ3) is 1.91. The molecule has 0 aromatic carbocycles. The third-order valence-electron chi connectivity index (χ3n) is 2.88. The molecule has 14 heavy (non-hydrogen) atoms. The van der Waals surface area contributed by atoms with Crippen LogP contribution >= 0.6 is 0 Å². The summed E-state index contributed by atoms with van der Waals surface area (Å²) >= 11 is 0. The van der Waals surface area contributed by atoms with Gasteiger partial charge in [-0.05, 0) is 27.8 Å². The molecular weight excluding hydrogens is 178 g/mol. The molecule has 2 atom stereocenters. The molecule has 4 heteroatoms. The molecule has 1 aliphatic heterocycles. The lowest BCUT2D eigenvalue weighted by Crippen LogP contribution is -2.63. The molecule has 0 aliphatic carbocycles. The quantitative estimate of drug-likeness (QED) is 0.675. The summed E-state index contributed by atoms with van der Waals surface area (Å²) in [6.45, 7) is 7.50. The van der Waals surface area contributed by atoms with Crippen LogP contribution in [0.25, 0.3) is 0 Å². The Morgan fingerprint density at radius 3 is 2.57 bits per heavy atom. The van der Waals surface area contributed by atoms with Crippen LogP contribution in [0.4, 0.5) is 0 Å². The van der Waals surface area contributed by atoms with E-state index in [2.05, 4.69) is 6.92 Å². The third-order valence-corrected chi connectivity index (χ3v) is 2.88. The summed E-state index contributed by atoms with van der Waals surface area (Å²) in [6.07, 6.45) is 0. The Bertz CT molecular complexity index is 217. The Kier molecular flexibility index (Phi) is 3.50. The van der Waals surface area contributed by atoms with Crippen molar-refractivity contribution in [2.24, 2.45) is 5.73 Å². The number of carbonyl (C=O) groups excluding carboxylic acids is 1. The van der Waals surface area contributed by atoms with Gasteiger partial charge in [0.2, 0.25) is 5.91 Å². The van der Waals surface area contributed by atoms with Gasteiger partial charge in [-0.1, -0.05) is 0 Å². The summed E-state index contributed by atoms with van der Waals surface area (Å²) in [4.78, 5) is 16.0. The number of hydrogen-bond donors (Lipinski definition) is 1. The van der Waals surface area contributed by atoms with Crippen LogP contribution in [0.1, 0.15) is 20.8 Å². The number of rotatable bonds is 2. The average molecular weight is 199 g/mol. The molecular formula is C10H21N3O. The molecule has 0 saturated carbocycles. The van der Waals surface area contributed by atoms with Gasteiger partial charge in [-0.2, -0.15) is 0 Å². The van der Waals surface area contributed by atoms with Crippen LogP contribution in [0.3, 0.4) is 0 Å². The van der Waals surface area contributed by atoms with E-state index in [0.29, 0.717) is 6.54 Å². The zero-order valence-corrected chi connectivity index (χ0v) is 9.53. The smallest absolute Gasteiger partial charge is 0.241 e. The van der Waals surface area contributed by atoms with Gasteiger partial charge in [0.05, 0.1) is 0 Å². The van der Waals surface area contributed by atoms with E-state index in [9.17, 15) is 4.79 Å². The van der Waals surface area contributed by atoms with Gasteiger partial charge in [0.25, 0.3) is 0 Å². The van der Waals surface area contributed by atoms with Crippen molar-refractivity contribution in [1.82, 2.24) is 9.80 Å². The minimum Gasteiger partial charge on any atom is -0.335 e. The molecule has 0 aromatic heterocycles. The van der Waals surface area contributed by atoms with E-state index in [1.165, 1.54) is 0 Å². The molecule has 1 fully saturated rings. The second-order valence-corrected chi connectivity index (χ2v) is 4.38. The first-order chi connectivity index (χ1) is 6.49. The van der Waals surface area contributed by atoms with Crippen molar-refractivity contribution in [3.8, 4) is 0 Å². The summed E-state index contributed by atoms with van der Waals surface area (Å²) in [7, 11) is 1.96. The van der Waals surface area contributed by atoms with E-state index in [4.69, 9.17) is 5.73 Å². The molecule has 1 rings (SSSR count). The van der Waals surface area contributed by atoms with Gasteiger partial charge in [-0.15, -0.1) is 0 Å². The van der Waals surface area contributed by atoms with E-state index in [1.54, 1.807) is 0 Å². The summed E-state index contributed by atoms with van der Waals surface area (Å²) in [5.74, 6) is 0.170. The lowest BCUT2D eigenvalue weighted by Gasteiger charge is -2.44. The van der Waals surface area contributed by atoms with Gasteiger partial charge in [0, 0.05) is 25.2 Å². The van der Waals surface area contributed by atoms with E-state index in [-0.39, 0.29) is 24.0 Å². The molecule has 1 heterocycles. The molecule has 2 N–H and O–H groups in total. The van der Waals surface area contributed by atoms with E-state index < -0.39 is 0 Å². The Hall–Kier alpha value is -0.610. The fourth-order valence-electron chi connectivity index (χ4n) is 2.25. The Morgan fingerprint density at radius 2 is 2.14 bits per heavy atom. The highest BCUT2D eigenvalue weighted by Gasteiger charge is 2.36. The van der Waals surface area contributed by atoms with Crippen LogP contribution in [0.2, 0.25) is 0 Å². The topological polar surface area (TPSA) is 49.6 Å². The fraction of sp³-hybridized carbons (Fsp3) is 0.900.